The van der Waals surface area contributed by atoms with Gasteiger partial charge in [0.25, 0.3) is 0 Å². The summed E-state index contributed by atoms with van der Waals surface area (Å²) in [6, 6.07) is 4.93. The Morgan fingerprint density at radius 1 is 1.35 bits per heavy atom. The fourth-order valence-electron chi connectivity index (χ4n) is 3.06. The smallest absolute Gasteiger partial charge is 0.0270 e. The molecule has 1 N–H and O–H groups in total. The van der Waals surface area contributed by atoms with Crippen molar-refractivity contribution >= 4 is 0 Å². The highest BCUT2D eigenvalue weighted by molar-refractivity contribution is 5.12. The molecule has 0 radical (unpaired) electrons. The van der Waals surface area contributed by atoms with Gasteiger partial charge in [0, 0.05) is 18.4 Å². The maximum absolute atomic E-state index is 4.09. The minimum absolute atomic E-state index is 0.646. The number of nitrogens with one attached hydrogen (secondary N) is 1. The second-order valence-electron chi connectivity index (χ2n) is 5.40. The summed E-state index contributed by atoms with van der Waals surface area (Å²) in [6.45, 7) is 5.66. The summed E-state index contributed by atoms with van der Waals surface area (Å²) >= 11 is 0. The van der Waals surface area contributed by atoms with E-state index >= 15 is 0 Å². The standard InChI is InChI=1S/C15H24N2/c1-3-17-15(14-5-4-12(2)10-14)11-13-6-8-16-9-7-13/h6-9,12,14-15,17H,3-5,10-11H2,1-2H3. The molecule has 1 aliphatic carbocycles. The van der Waals surface area contributed by atoms with Crippen molar-refractivity contribution in [3.05, 3.63) is 30.1 Å². The maximum Gasteiger partial charge on any atom is 0.0270 e. The highest BCUT2D eigenvalue weighted by atomic mass is 14.9. The van der Waals surface area contributed by atoms with Crippen molar-refractivity contribution in [2.24, 2.45) is 11.8 Å². The average Bonchev–Trinajstić information content (AvgIpc) is 2.77. The van der Waals surface area contributed by atoms with Crippen molar-refractivity contribution in [2.75, 3.05) is 6.54 Å². The Labute approximate surface area is 105 Å². The summed E-state index contributed by atoms with van der Waals surface area (Å²) in [6.07, 6.45) is 9.13. The number of hydrogen-bond donors (Lipinski definition) is 1. The normalized spacial score (nSPS) is 26.0. The van der Waals surface area contributed by atoms with E-state index in [1.807, 2.05) is 12.4 Å². The Hall–Kier alpha value is -0.890. The Morgan fingerprint density at radius 2 is 2.12 bits per heavy atom. The molecule has 3 atom stereocenters. The molecule has 0 aliphatic heterocycles. The Kier molecular flexibility index (Phi) is 4.55. The summed E-state index contributed by atoms with van der Waals surface area (Å²) in [5.41, 5.74) is 1.41. The first-order valence-electron chi connectivity index (χ1n) is 6.92. The summed E-state index contributed by atoms with van der Waals surface area (Å²) in [5, 5.41) is 3.67. The lowest BCUT2D eigenvalue weighted by molar-refractivity contribution is 0.354. The monoisotopic (exact) mass is 232 g/mol. The largest absolute Gasteiger partial charge is 0.314 e. The van der Waals surface area contributed by atoms with E-state index in [9.17, 15) is 0 Å². The van der Waals surface area contributed by atoms with E-state index in [2.05, 4.69) is 36.3 Å². The molecule has 1 aliphatic rings. The molecule has 0 aromatic carbocycles. The third-order valence-electron chi connectivity index (χ3n) is 3.98. The molecule has 1 aromatic heterocycles. The van der Waals surface area contributed by atoms with Gasteiger partial charge in [-0.05, 0) is 55.3 Å². The van der Waals surface area contributed by atoms with Gasteiger partial charge >= 0.3 is 0 Å². The van der Waals surface area contributed by atoms with Crippen LogP contribution in [-0.2, 0) is 6.42 Å². The zero-order valence-electron chi connectivity index (χ0n) is 11.0. The van der Waals surface area contributed by atoms with E-state index < -0.39 is 0 Å². The van der Waals surface area contributed by atoms with Gasteiger partial charge in [-0.1, -0.05) is 20.3 Å². The molecule has 0 amide bonds. The molecule has 0 bridgehead atoms. The number of likely N-dealkylation sites (N-methyl/N-ethyl adjacent to an activating group) is 1. The first kappa shape index (κ1) is 12.6. The maximum atomic E-state index is 4.09. The molecule has 1 heterocycles. The second-order valence-corrected chi connectivity index (χ2v) is 5.40. The molecular formula is C15H24N2. The fourth-order valence-corrected chi connectivity index (χ4v) is 3.06. The first-order valence-corrected chi connectivity index (χ1v) is 6.92. The fraction of sp³-hybridized carbons (Fsp3) is 0.667. The van der Waals surface area contributed by atoms with E-state index in [-0.39, 0.29) is 0 Å². The van der Waals surface area contributed by atoms with Crippen LogP contribution in [0.4, 0.5) is 0 Å². The van der Waals surface area contributed by atoms with Gasteiger partial charge in [0.15, 0.2) is 0 Å². The molecule has 2 rings (SSSR count). The first-order chi connectivity index (χ1) is 8.29. The van der Waals surface area contributed by atoms with E-state index in [4.69, 9.17) is 0 Å². The highest BCUT2D eigenvalue weighted by Gasteiger charge is 2.28. The van der Waals surface area contributed by atoms with E-state index in [0.29, 0.717) is 6.04 Å². The zero-order chi connectivity index (χ0) is 12.1. The molecule has 1 fully saturated rings. The van der Waals surface area contributed by atoms with Crippen molar-refractivity contribution < 1.29 is 0 Å². The van der Waals surface area contributed by atoms with Gasteiger partial charge in [0.2, 0.25) is 0 Å². The Balaban J connectivity index is 1.97. The summed E-state index contributed by atoms with van der Waals surface area (Å²) in [5.74, 6) is 1.77. The van der Waals surface area contributed by atoms with E-state index in [1.165, 1.54) is 24.8 Å². The van der Waals surface area contributed by atoms with Crippen LogP contribution in [0, 0.1) is 11.8 Å². The number of rotatable bonds is 5. The topological polar surface area (TPSA) is 24.9 Å². The van der Waals surface area contributed by atoms with Crippen LogP contribution >= 0.6 is 0 Å². The van der Waals surface area contributed by atoms with Crippen LogP contribution < -0.4 is 5.32 Å². The molecule has 1 aromatic rings. The van der Waals surface area contributed by atoms with Crippen LogP contribution in [-0.4, -0.2) is 17.6 Å². The quantitative estimate of drug-likeness (QED) is 0.844. The number of hydrogen-bond acceptors (Lipinski definition) is 2. The van der Waals surface area contributed by atoms with Crippen molar-refractivity contribution in [3.8, 4) is 0 Å². The average molecular weight is 232 g/mol. The van der Waals surface area contributed by atoms with Gasteiger partial charge < -0.3 is 5.32 Å². The predicted molar refractivity (Wildman–Crippen MR) is 71.9 cm³/mol. The third-order valence-corrected chi connectivity index (χ3v) is 3.98. The molecule has 94 valence electrons. The van der Waals surface area contributed by atoms with Gasteiger partial charge in [-0.15, -0.1) is 0 Å². The van der Waals surface area contributed by atoms with Crippen molar-refractivity contribution in [2.45, 2.75) is 45.6 Å². The van der Waals surface area contributed by atoms with Gasteiger partial charge in [-0.3, -0.25) is 4.98 Å². The summed E-state index contributed by atoms with van der Waals surface area (Å²) < 4.78 is 0. The molecule has 3 unspecified atom stereocenters. The van der Waals surface area contributed by atoms with Crippen LogP contribution in [0.1, 0.15) is 38.7 Å². The predicted octanol–water partition coefficient (Wildman–Crippen LogP) is 3.04. The zero-order valence-corrected chi connectivity index (χ0v) is 11.0. The molecular weight excluding hydrogens is 208 g/mol. The molecule has 0 spiro atoms. The van der Waals surface area contributed by atoms with Crippen LogP contribution in [0.2, 0.25) is 0 Å². The Morgan fingerprint density at radius 3 is 2.71 bits per heavy atom. The SMILES string of the molecule is CCNC(Cc1ccncc1)C1CCC(C)C1. The molecule has 2 nitrogen and oxygen atoms in total. The number of nitrogens with zero attached hydrogens (tertiary/aromatic N) is 1. The summed E-state index contributed by atoms with van der Waals surface area (Å²) in [7, 11) is 0. The van der Waals surface area contributed by atoms with Gasteiger partial charge in [-0.2, -0.15) is 0 Å². The number of pyridine rings is 1. The van der Waals surface area contributed by atoms with Crippen molar-refractivity contribution in [1.82, 2.24) is 10.3 Å². The second kappa shape index (κ2) is 6.15. The van der Waals surface area contributed by atoms with Gasteiger partial charge in [0.1, 0.15) is 0 Å². The molecule has 0 saturated heterocycles. The van der Waals surface area contributed by atoms with Crippen molar-refractivity contribution in [3.63, 3.8) is 0 Å². The van der Waals surface area contributed by atoms with Crippen LogP contribution in [0.15, 0.2) is 24.5 Å². The molecule has 1 saturated carbocycles. The molecule has 17 heavy (non-hydrogen) atoms. The minimum atomic E-state index is 0.646. The minimum Gasteiger partial charge on any atom is -0.314 e. The van der Waals surface area contributed by atoms with Crippen LogP contribution in [0.3, 0.4) is 0 Å². The number of aromatic nitrogens is 1. The summed E-state index contributed by atoms with van der Waals surface area (Å²) in [4.78, 5) is 4.09. The van der Waals surface area contributed by atoms with E-state index in [0.717, 1.165) is 24.8 Å². The Bertz CT molecular complexity index is 323. The molecule has 2 heteroatoms. The van der Waals surface area contributed by atoms with Crippen LogP contribution in [0.25, 0.3) is 0 Å². The van der Waals surface area contributed by atoms with Gasteiger partial charge in [-0.25, -0.2) is 0 Å². The highest BCUT2D eigenvalue weighted by Crippen LogP contribution is 2.33. The lowest BCUT2D eigenvalue weighted by Gasteiger charge is -2.24. The van der Waals surface area contributed by atoms with Crippen molar-refractivity contribution in [1.29, 1.82) is 0 Å². The van der Waals surface area contributed by atoms with Gasteiger partial charge in [0.05, 0.1) is 0 Å². The lowest BCUT2D eigenvalue weighted by Crippen LogP contribution is -2.37. The lowest BCUT2D eigenvalue weighted by atomic mass is 9.91. The van der Waals surface area contributed by atoms with E-state index in [1.54, 1.807) is 0 Å². The third kappa shape index (κ3) is 3.53. The van der Waals surface area contributed by atoms with Crippen LogP contribution in [0.5, 0.6) is 0 Å².